The molecular formula is C19H15NO5. The average molecular weight is 337 g/mol. The van der Waals surface area contributed by atoms with Gasteiger partial charge in [-0.25, -0.2) is 9.59 Å². The van der Waals surface area contributed by atoms with Gasteiger partial charge >= 0.3 is 11.9 Å². The summed E-state index contributed by atoms with van der Waals surface area (Å²) in [6.45, 7) is 0.120. The number of carboxylic acids is 1. The van der Waals surface area contributed by atoms with Crippen molar-refractivity contribution in [3.8, 4) is 11.1 Å². The lowest BCUT2D eigenvalue weighted by Gasteiger charge is -2.10. The molecule has 0 atom stereocenters. The molecule has 25 heavy (non-hydrogen) atoms. The van der Waals surface area contributed by atoms with E-state index in [1.54, 1.807) is 12.1 Å². The second-order valence-corrected chi connectivity index (χ2v) is 5.30. The molecule has 3 N–H and O–H groups in total. The van der Waals surface area contributed by atoms with Crippen LogP contribution in [-0.4, -0.2) is 17.0 Å². The molecule has 0 bridgehead atoms. The summed E-state index contributed by atoms with van der Waals surface area (Å²) in [5, 5.41) is 9.17. The Balaban J connectivity index is 1.87. The number of para-hydroxylation sites is 1. The number of anilines is 1. The van der Waals surface area contributed by atoms with Gasteiger partial charge in [0.15, 0.2) is 0 Å². The molecule has 0 fully saturated rings. The first-order valence-corrected chi connectivity index (χ1v) is 7.48. The zero-order valence-corrected chi connectivity index (χ0v) is 13.1. The number of furan rings is 1. The van der Waals surface area contributed by atoms with Crippen molar-refractivity contribution in [2.24, 2.45) is 0 Å². The molecular weight excluding hydrogens is 322 g/mol. The summed E-state index contributed by atoms with van der Waals surface area (Å²) in [4.78, 5) is 23.6. The summed E-state index contributed by atoms with van der Waals surface area (Å²) in [6.07, 6.45) is 1.26. The molecule has 0 unspecified atom stereocenters. The number of ether oxygens (including phenoxy) is 1. The minimum atomic E-state index is -1.21. The number of hydrogen-bond acceptors (Lipinski definition) is 5. The van der Waals surface area contributed by atoms with Crippen LogP contribution in [0.3, 0.4) is 0 Å². The zero-order valence-electron chi connectivity index (χ0n) is 13.1. The highest BCUT2D eigenvalue weighted by molar-refractivity contribution is 6.02. The van der Waals surface area contributed by atoms with E-state index in [-0.39, 0.29) is 23.6 Å². The summed E-state index contributed by atoms with van der Waals surface area (Å²) in [5.41, 5.74) is 7.96. The number of rotatable bonds is 5. The molecule has 6 heteroatoms. The molecule has 0 saturated heterocycles. The highest BCUT2D eigenvalue weighted by Crippen LogP contribution is 2.32. The Morgan fingerprint density at radius 3 is 2.48 bits per heavy atom. The van der Waals surface area contributed by atoms with Crippen LogP contribution in [0.2, 0.25) is 0 Å². The van der Waals surface area contributed by atoms with Gasteiger partial charge in [0.25, 0.3) is 0 Å². The second kappa shape index (κ2) is 6.92. The van der Waals surface area contributed by atoms with Crippen LogP contribution in [0.15, 0.2) is 65.3 Å². The fourth-order valence-electron chi connectivity index (χ4n) is 2.47. The van der Waals surface area contributed by atoms with E-state index in [1.165, 1.54) is 18.4 Å². The number of esters is 1. The summed E-state index contributed by atoms with van der Waals surface area (Å²) in [7, 11) is 0. The Morgan fingerprint density at radius 2 is 1.76 bits per heavy atom. The van der Waals surface area contributed by atoms with Crippen LogP contribution in [0.1, 0.15) is 26.5 Å². The summed E-state index contributed by atoms with van der Waals surface area (Å²) < 4.78 is 10.3. The van der Waals surface area contributed by atoms with E-state index in [1.807, 2.05) is 30.3 Å². The monoisotopic (exact) mass is 337 g/mol. The molecule has 0 saturated carbocycles. The first-order chi connectivity index (χ1) is 12.1. The molecule has 0 spiro atoms. The SMILES string of the molecule is Nc1c(C(=O)OCc2ccccc2)cccc1-c1ccoc1C(=O)O. The molecule has 0 radical (unpaired) electrons. The van der Waals surface area contributed by atoms with Gasteiger partial charge in [-0.1, -0.05) is 42.5 Å². The molecule has 2 aromatic carbocycles. The Morgan fingerprint density at radius 1 is 1.00 bits per heavy atom. The van der Waals surface area contributed by atoms with Crippen molar-refractivity contribution in [2.45, 2.75) is 6.61 Å². The molecule has 0 aliphatic heterocycles. The first kappa shape index (κ1) is 16.3. The molecule has 6 nitrogen and oxygen atoms in total. The lowest BCUT2D eigenvalue weighted by Crippen LogP contribution is -2.09. The van der Waals surface area contributed by atoms with Crippen LogP contribution < -0.4 is 5.73 Å². The molecule has 0 amide bonds. The Labute approximate surface area is 143 Å². The molecule has 1 aromatic heterocycles. The van der Waals surface area contributed by atoms with Crippen molar-refractivity contribution in [3.63, 3.8) is 0 Å². The Bertz CT molecular complexity index is 915. The summed E-state index contributed by atoms with van der Waals surface area (Å²) in [5.74, 6) is -2.03. The number of benzene rings is 2. The number of aromatic carboxylic acids is 1. The number of carbonyl (C=O) groups is 2. The highest BCUT2D eigenvalue weighted by Gasteiger charge is 2.21. The molecule has 0 aliphatic rings. The maximum atomic E-state index is 12.3. The van der Waals surface area contributed by atoms with E-state index in [9.17, 15) is 9.59 Å². The highest BCUT2D eigenvalue weighted by atomic mass is 16.5. The molecule has 3 aromatic rings. The van der Waals surface area contributed by atoms with Crippen LogP contribution in [0.25, 0.3) is 11.1 Å². The van der Waals surface area contributed by atoms with Gasteiger partial charge in [0.1, 0.15) is 6.61 Å². The standard InChI is InChI=1S/C19H15NO5/c20-16-13(14-9-10-24-17(14)18(21)22)7-4-8-15(16)19(23)25-11-12-5-2-1-3-6-12/h1-10H,11,20H2,(H,21,22). The molecule has 0 aliphatic carbocycles. The fraction of sp³-hybridized carbons (Fsp3) is 0.0526. The van der Waals surface area contributed by atoms with E-state index in [0.29, 0.717) is 11.1 Å². The van der Waals surface area contributed by atoms with Gasteiger partial charge in [-0.05, 0) is 17.7 Å². The van der Waals surface area contributed by atoms with Crippen LogP contribution in [-0.2, 0) is 11.3 Å². The normalized spacial score (nSPS) is 10.4. The van der Waals surface area contributed by atoms with Gasteiger partial charge in [-0.3, -0.25) is 0 Å². The van der Waals surface area contributed by atoms with E-state index < -0.39 is 11.9 Å². The van der Waals surface area contributed by atoms with Gasteiger partial charge in [0.2, 0.25) is 5.76 Å². The van der Waals surface area contributed by atoms with Crippen LogP contribution in [0.5, 0.6) is 0 Å². The Kier molecular flexibility index (Phi) is 4.52. The smallest absolute Gasteiger partial charge is 0.372 e. The van der Waals surface area contributed by atoms with Crippen molar-refractivity contribution >= 4 is 17.6 Å². The maximum absolute atomic E-state index is 12.3. The van der Waals surface area contributed by atoms with Gasteiger partial charge in [0, 0.05) is 11.1 Å². The summed E-state index contributed by atoms with van der Waals surface area (Å²) >= 11 is 0. The quantitative estimate of drug-likeness (QED) is 0.545. The molecule has 3 rings (SSSR count). The van der Waals surface area contributed by atoms with Crippen molar-refractivity contribution in [1.29, 1.82) is 0 Å². The summed E-state index contributed by atoms with van der Waals surface area (Å²) in [6, 6.07) is 15.5. The third kappa shape index (κ3) is 3.37. The van der Waals surface area contributed by atoms with E-state index in [4.69, 9.17) is 20.0 Å². The lowest BCUT2D eigenvalue weighted by molar-refractivity contribution is 0.0473. The third-order valence-electron chi connectivity index (χ3n) is 3.69. The van der Waals surface area contributed by atoms with Gasteiger partial charge < -0.3 is 20.0 Å². The largest absolute Gasteiger partial charge is 0.475 e. The van der Waals surface area contributed by atoms with E-state index in [0.717, 1.165) is 5.56 Å². The third-order valence-corrected chi connectivity index (χ3v) is 3.69. The van der Waals surface area contributed by atoms with E-state index in [2.05, 4.69) is 0 Å². The van der Waals surface area contributed by atoms with Crippen molar-refractivity contribution < 1.29 is 23.8 Å². The fourth-order valence-corrected chi connectivity index (χ4v) is 2.47. The number of nitrogens with two attached hydrogens (primary N) is 1. The van der Waals surface area contributed by atoms with Crippen LogP contribution in [0, 0.1) is 0 Å². The second-order valence-electron chi connectivity index (χ2n) is 5.30. The zero-order chi connectivity index (χ0) is 17.8. The number of hydrogen-bond donors (Lipinski definition) is 2. The van der Waals surface area contributed by atoms with E-state index >= 15 is 0 Å². The Hall–Kier alpha value is -3.54. The number of carbonyl (C=O) groups excluding carboxylic acids is 1. The minimum absolute atomic E-state index is 0.120. The lowest BCUT2D eigenvalue weighted by atomic mass is 10.0. The predicted octanol–water partition coefficient (Wildman–Crippen LogP) is 3.58. The van der Waals surface area contributed by atoms with Crippen molar-refractivity contribution in [1.82, 2.24) is 0 Å². The number of nitrogen functional groups attached to an aromatic ring is 1. The first-order valence-electron chi connectivity index (χ1n) is 7.48. The van der Waals surface area contributed by atoms with Crippen LogP contribution in [0.4, 0.5) is 5.69 Å². The van der Waals surface area contributed by atoms with Crippen molar-refractivity contribution in [2.75, 3.05) is 5.73 Å². The maximum Gasteiger partial charge on any atom is 0.372 e. The number of carboxylic acid groups (broad SMARTS) is 1. The van der Waals surface area contributed by atoms with Crippen molar-refractivity contribution in [3.05, 3.63) is 77.7 Å². The topological polar surface area (TPSA) is 103 Å². The predicted molar refractivity (Wildman–Crippen MR) is 91.1 cm³/mol. The van der Waals surface area contributed by atoms with Gasteiger partial charge in [0.05, 0.1) is 17.5 Å². The minimum Gasteiger partial charge on any atom is -0.475 e. The van der Waals surface area contributed by atoms with Gasteiger partial charge in [-0.2, -0.15) is 0 Å². The average Bonchev–Trinajstić information content (AvgIpc) is 3.10. The van der Waals surface area contributed by atoms with Crippen LogP contribution >= 0.6 is 0 Å². The molecule has 1 heterocycles. The molecule has 126 valence electrons. The van der Waals surface area contributed by atoms with Gasteiger partial charge in [-0.15, -0.1) is 0 Å².